The Balaban J connectivity index is 2.34. The molecule has 2 aromatic rings. The summed E-state index contributed by atoms with van der Waals surface area (Å²) < 4.78 is 0. The Hall–Kier alpha value is -1.58. The van der Waals surface area contributed by atoms with Crippen molar-refractivity contribution in [3.63, 3.8) is 0 Å². The van der Waals surface area contributed by atoms with Gasteiger partial charge in [0.1, 0.15) is 0 Å². The van der Waals surface area contributed by atoms with Gasteiger partial charge in [-0.05, 0) is 0 Å². The molecule has 0 unspecified atom stereocenters. The zero-order chi connectivity index (χ0) is 12.0. The molecule has 0 bridgehead atoms. The van der Waals surface area contributed by atoms with Crippen LogP contribution >= 0.6 is 0 Å². The minimum absolute atomic E-state index is 1.17. The fourth-order valence-corrected chi connectivity index (χ4v) is 6.40. The van der Waals surface area contributed by atoms with E-state index in [2.05, 4.69) is 61.6 Å². The number of fused-ring (bicyclic) bond motifs is 2. The number of anilines is 2. The van der Waals surface area contributed by atoms with E-state index in [4.69, 9.17) is 5.84 Å². The molecule has 0 amide bonds. The van der Waals surface area contributed by atoms with Crippen molar-refractivity contribution < 1.29 is 0 Å². The zero-order valence-electron chi connectivity index (χ0n) is 10.2. The van der Waals surface area contributed by atoms with Gasteiger partial charge in [-0.2, -0.15) is 0 Å². The second-order valence-electron chi connectivity index (χ2n) is 5.36. The summed E-state index contributed by atoms with van der Waals surface area (Å²) in [6.45, 7) is 4.83. The summed E-state index contributed by atoms with van der Waals surface area (Å²) in [5.41, 5.74) is 2.34. The topological polar surface area (TPSA) is 29.3 Å². The first-order valence-electron chi connectivity index (χ1n) is 6.09. The van der Waals surface area contributed by atoms with Crippen molar-refractivity contribution in [2.45, 2.75) is 13.1 Å². The Labute approximate surface area is 103 Å². The molecule has 2 aromatic carbocycles. The van der Waals surface area contributed by atoms with Crippen molar-refractivity contribution in [3.8, 4) is 0 Å². The van der Waals surface area contributed by atoms with Gasteiger partial charge in [-0.25, -0.2) is 0 Å². The molecule has 0 spiro atoms. The van der Waals surface area contributed by atoms with Crippen LogP contribution in [0.25, 0.3) is 0 Å². The Kier molecular flexibility index (Phi) is 2.15. The van der Waals surface area contributed by atoms with Crippen LogP contribution < -0.4 is 21.2 Å². The first-order valence-corrected chi connectivity index (χ1v) is 9.56. The molecule has 1 aliphatic heterocycles. The van der Waals surface area contributed by atoms with Crippen LogP contribution in [-0.2, 0) is 0 Å². The molecule has 2 N–H and O–H groups in total. The Morgan fingerprint density at radius 3 is 1.71 bits per heavy atom. The Bertz CT molecular complexity index is 528. The number of hydrogen-bond acceptors (Lipinski definition) is 2. The van der Waals surface area contributed by atoms with Gasteiger partial charge in [-0.3, -0.25) is 0 Å². The number of nitrogens with zero attached hydrogens (tertiary/aromatic N) is 1. The van der Waals surface area contributed by atoms with E-state index in [9.17, 15) is 0 Å². The predicted octanol–water partition coefficient (Wildman–Crippen LogP) is 1.57. The number of para-hydroxylation sites is 2. The molecular formula is C14H17N2Si-. The van der Waals surface area contributed by atoms with E-state index in [-0.39, 0.29) is 0 Å². The molecule has 0 fully saturated rings. The summed E-state index contributed by atoms with van der Waals surface area (Å²) >= 11 is 0. The van der Waals surface area contributed by atoms with Crippen LogP contribution in [0.5, 0.6) is 0 Å². The monoisotopic (exact) mass is 241 g/mol. The van der Waals surface area contributed by atoms with Gasteiger partial charge in [0, 0.05) is 0 Å². The molecule has 1 heterocycles. The van der Waals surface area contributed by atoms with Crippen LogP contribution in [0.2, 0.25) is 13.1 Å². The van der Waals surface area contributed by atoms with Gasteiger partial charge >= 0.3 is 102 Å². The number of hydrogen-bond donors (Lipinski definition) is 1. The van der Waals surface area contributed by atoms with Gasteiger partial charge in [-0.1, -0.05) is 0 Å². The van der Waals surface area contributed by atoms with Crippen LogP contribution in [0.4, 0.5) is 11.4 Å². The molecule has 0 aromatic heterocycles. The minimum atomic E-state index is -1.91. The van der Waals surface area contributed by atoms with E-state index in [0.717, 1.165) is 0 Å². The van der Waals surface area contributed by atoms with E-state index in [1.807, 2.05) is 5.01 Å². The van der Waals surface area contributed by atoms with Crippen LogP contribution in [0, 0.1) is 0 Å². The van der Waals surface area contributed by atoms with Gasteiger partial charge in [0.05, 0.1) is 0 Å². The third-order valence-electron chi connectivity index (χ3n) is 3.95. The summed E-state index contributed by atoms with van der Waals surface area (Å²) in [7, 11) is -1.91. The normalized spacial score (nSPS) is 18.2. The Morgan fingerprint density at radius 1 is 0.824 bits per heavy atom. The third kappa shape index (κ3) is 1.36. The second kappa shape index (κ2) is 3.45. The molecule has 0 atom stereocenters. The molecule has 1 aliphatic rings. The van der Waals surface area contributed by atoms with Crippen molar-refractivity contribution in [3.05, 3.63) is 48.5 Å². The van der Waals surface area contributed by atoms with Crippen LogP contribution in [0.1, 0.15) is 0 Å². The molecule has 3 heteroatoms. The van der Waals surface area contributed by atoms with Gasteiger partial charge in [0.25, 0.3) is 0 Å². The summed E-state index contributed by atoms with van der Waals surface area (Å²) in [6, 6.07) is 17.0. The predicted molar refractivity (Wildman–Crippen MR) is 77.4 cm³/mol. The average Bonchev–Trinajstić information content (AvgIpc) is 2.37. The summed E-state index contributed by atoms with van der Waals surface area (Å²) in [4.78, 5) is 0. The van der Waals surface area contributed by atoms with Crippen LogP contribution in [-0.4, -0.2) is 8.07 Å². The van der Waals surface area contributed by atoms with Crippen molar-refractivity contribution >= 4 is 29.8 Å². The number of nitrogens with two attached hydrogens (primary N) is 1. The first kappa shape index (κ1) is 10.6. The third-order valence-corrected chi connectivity index (χ3v) is 8.03. The van der Waals surface area contributed by atoms with E-state index in [0.29, 0.717) is 0 Å². The molecule has 0 radical (unpaired) electrons. The van der Waals surface area contributed by atoms with E-state index >= 15 is 0 Å². The van der Waals surface area contributed by atoms with Gasteiger partial charge in [0.2, 0.25) is 0 Å². The molecule has 0 saturated heterocycles. The number of hydrazine groups is 1. The molecular weight excluding hydrogens is 224 g/mol. The van der Waals surface area contributed by atoms with Crippen LogP contribution in [0.3, 0.4) is 0 Å². The van der Waals surface area contributed by atoms with Crippen molar-refractivity contribution in [1.29, 1.82) is 0 Å². The van der Waals surface area contributed by atoms with E-state index < -0.39 is 8.07 Å². The molecule has 3 rings (SSSR count). The molecule has 2 nitrogen and oxygen atoms in total. The van der Waals surface area contributed by atoms with Crippen LogP contribution in [0.15, 0.2) is 48.5 Å². The fraction of sp³-hybridized carbons (Fsp3) is 0.143. The number of benzene rings is 2. The van der Waals surface area contributed by atoms with Gasteiger partial charge < -0.3 is 0 Å². The molecule has 17 heavy (non-hydrogen) atoms. The molecule has 0 saturated carbocycles. The number of rotatable bonds is 0. The molecule has 0 aliphatic carbocycles. The van der Waals surface area contributed by atoms with E-state index in [1.54, 1.807) is 0 Å². The van der Waals surface area contributed by atoms with Crippen molar-refractivity contribution in [2.75, 3.05) is 5.01 Å². The maximum atomic E-state index is 6.24. The van der Waals surface area contributed by atoms with E-state index in [1.165, 1.54) is 21.7 Å². The maximum absolute atomic E-state index is 6.24. The average molecular weight is 241 g/mol. The quantitative estimate of drug-likeness (QED) is 0.560. The summed E-state index contributed by atoms with van der Waals surface area (Å²) in [5.74, 6) is 6.24. The Morgan fingerprint density at radius 2 is 1.24 bits per heavy atom. The molecule has 88 valence electrons. The van der Waals surface area contributed by atoms with Gasteiger partial charge in [-0.15, -0.1) is 0 Å². The SMILES string of the molecule is C[SiH-]1(C)c2ccccc2N(N)c2ccccc21. The second-order valence-corrected chi connectivity index (χ2v) is 10.4. The fourth-order valence-electron chi connectivity index (χ4n) is 2.93. The standard InChI is InChI=1S/C14H17N2Si/c1-17(2)13-9-5-3-7-11(13)16(15)12-8-4-6-10-14(12)17/h3-10,17H,15H2,1-2H3/q-1. The summed E-state index contributed by atoms with van der Waals surface area (Å²) in [6.07, 6.45) is 0. The summed E-state index contributed by atoms with van der Waals surface area (Å²) in [5, 5.41) is 4.72. The van der Waals surface area contributed by atoms with Crippen molar-refractivity contribution in [2.24, 2.45) is 5.84 Å². The first-order chi connectivity index (χ1) is 8.12. The van der Waals surface area contributed by atoms with Crippen molar-refractivity contribution in [1.82, 2.24) is 0 Å². The van der Waals surface area contributed by atoms with Gasteiger partial charge in [0.15, 0.2) is 0 Å². The zero-order valence-corrected chi connectivity index (χ0v) is 11.4.